The summed E-state index contributed by atoms with van der Waals surface area (Å²) in [6, 6.07) is 18.6. The molecule has 0 fully saturated rings. The summed E-state index contributed by atoms with van der Waals surface area (Å²) in [5.74, 6) is 0. The predicted octanol–water partition coefficient (Wildman–Crippen LogP) is 2.58. The van der Waals surface area contributed by atoms with Crippen LogP contribution in [-0.2, 0) is 13.8 Å². The lowest BCUT2D eigenvalue weighted by molar-refractivity contribution is 0.150. The third-order valence-electron chi connectivity index (χ3n) is 2.75. The molecule has 0 spiro atoms. The van der Waals surface area contributed by atoms with Crippen molar-refractivity contribution < 1.29 is 13.8 Å². The molecule has 0 N–H and O–H groups in total. The lowest BCUT2D eigenvalue weighted by Crippen LogP contribution is -2.19. The van der Waals surface area contributed by atoms with Crippen LogP contribution < -0.4 is 10.6 Å². The Bertz CT molecular complexity index is 496. The van der Waals surface area contributed by atoms with Crippen LogP contribution in [0.15, 0.2) is 60.7 Å². The SMILES string of the molecule is COCCOP(=O)(c1ccccc1)c1ccccc1. The molecule has 0 saturated heterocycles. The van der Waals surface area contributed by atoms with Crippen LogP contribution >= 0.6 is 7.37 Å². The van der Waals surface area contributed by atoms with Crippen LogP contribution in [-0.4, -0.2) is 20.3 Å². The molecular formula is C15H17O3P. The van der Waals surface area contributed by atoms with Crippen molar-refractivity contribution in [3.05, 3.63) is 60.7 Å². The van der Waals surface area contributed by atoms with Crippen LogP contribution in [0.2, 0.25) is 0 Å². The molecule has 0 heterocycles. The van der Waals surface area contributed by atoms with E-state index in [1.165, 1.54) is 0 Å². The Hall–Kier alpha value is -1.41. The van der Waals surface area contributed by atoms with Crippen LogP contribution in [0.5, 0.6) is 0 Å². The molecule has 100 valence electrons. The van der Waals surface area contributed by atoms with E-state index in [1.807, 2.05) is 60.7 Å². The lowest BCUT2D eigenvalue weighted by atomic mass is 10.4. The monoisotopic (exact) mass is 276 g/mol. The Balaban J connectivity index is 2.36. The van der Waals surface area contributed by atoms with Gasteiger partial charge >= 0.3 is 0 Å². The van der Waals surface area contributed by atoms with Crippen molar-refractivity contribution >= 4 is 18.0 Å². The Morgan fingerprint density at radius 2 is 1.32 bits per heavy atom. The number of ether oxygens (including phenoxy) is 1. The van der Waals surface area contributed by atoms with Crippen molar-refractivity contribution in [2.45, 2.75) is 0 Å². The fourth-order valence-electron chi connectivity index (χ4n) is 1.80. The van der Waals surface area contributed by atoms with Crippen LogP contribution in [0.1, 0.15) is 0 Å². The maximum Gasteiger partial charge on any atom is 0.261 e. The average molecular weight is 276 g/mol. The van der Waals surface area contributed by atoms with E-state index < -0.39 is 7.37 Å². The summed E-state index contributed by atoms with van der Waals surface area (Å²) in [4.78, 5) is 0. The van der Waals surface area contributed by atoms with Crippen LogP contribution in [0.4, 0.5) is 0 Å². The minimum atomic E-state index is -3.03. The summed E-state index contributed by atoms with van der Waals surface area (Å²) in [6.07, 6.45) is 0. The number of hydrogen-bond donors (Lipinski definition) is 0. The summed E-state index contributed by atoms with van der Waals surface area (Å²) < 4.78 is 23.8. The second-order valence-corrected chi connectivity index (χ2v) is 6.44. The van der Waals surface area contributed by atoms with Crippen LogP contribution in [0, 0.1) is 0 Å². The Labute approximate surface area is 113 Å². The van der Waals surface area contributed by atoms with Gasteiger partial charge in [-0.1, -0.05) is 36.4 Å². The number of rotatable bonds is 6. The van der Waals surface area contributed by atoms with Gasteiger partial charge in [0.25, 0.3) is 7.37 Å². The molecule has 0 aliphatic heterocycles. The Morgan fingerprint density at radius 1 is 0.842 bits per heavy atom. The molecule has 0 aliphatic rings. The maximum atomic E-state index is 13.2. The van der Waals surface area contributed by atoms with Gasteiger partial charge in [-0.3, -0.25) is 4.57 Å². The summed E-state index contributed by atoms with van der Waals surface area (Å²) >= 11 is 0. The molecule has 3 nitrogen and oxygen atoms in total. The largest absolute Gasteiger partial charge is 0.382 e. The molecule has 0 aliphatic carbocycles. The maximum absolute atomic E-state index is 13.2. The van der Waals surface area contributed by atoms with Gasteiger partial charge in [0.05, 0.1) is 13.2 Å². The van der Waals surface area contributed by atoms with Crippen LogP contribution in [0.3, 0.4) is 0 Å². The first kappa shape index (κ1) is 14.0. The van der Waals surface area contributed by atoms with Crippen LogP contribution in [0.25, 0.3) is 0 Å². The van der Waals surface area contributed by atoms with E-state index in [-0.39, 0.29) is 0 Å². The molecular weight excluding hydrogens is 259 g/mol. The molecule has 2 rings (SSSR count). The summed E-state index contributed by atoms with van der Waals surface area (Å²) in [5, 5.41) is 1.41. The molecule has 2 aromatic rings. The highest BCUT2D eigenvalue weighted by molar-refractivity contribution is 7.74. The molecule has 0 aromatic heterocycles. The molecule has 0 bridgehead atoms. The van der Waals surface area contributed by atoms with E-state index in [1.54, 1.807) is 7.11 Å². The van der Waals surface area contributed by atoms with E-state index in [0.717, 1.165) is 0 Å². The molecule has 2 aromatic carbocycles. The van der Waals surface area contributed by atoms with Gasteiger partial charge in [-0.25, -0.2) is 0 Å². The number of benzene rings is 2. The lowest BCUT2D eigenvalue weighted by Gasteiger charge is -2.19. The Morgan fingerprint density at radius 3 is 1.74 bits per heavy atom. The van der Waals surface area contributed by atoms with Crippen molar-refractivity contribution in [3.8, 4) is 0 Å². The first-order valence-electron chi connectivity index (χ1n) is 6.12. The fourth-order valence-corrected chi connectivity index (χ4v) is 3.85. The second kappa shape index (κ2) is 6.67. The van der Waals surface area contributed by atoms with Gasteiger partial charge < -0.3 is 9.26 Å². The molecule has 0 atom stereocenters. The van der Waals surface area contributed by atoms with Gasteiger partial charge in [-0.05, 0) is 24.3 Å². The molecule has 0 amide bonds. The van der Waals surface area contributed by atoms with Crippen molar-refractivity contribution in [1.29, 1.82) is 0 Å². The van der Waals surface area contributed by atoms with Crippen molar-refractivity contribution in [2.75, 3.05) is 20.3 Å². The molecule has 0 unspecified atom stereocenters. The van der Waals surface area contributed by atoms with E-state index in [2.05, 4.69) is 0 Å². The first-order chi connectivity index (χ1) is 9.27. The first-order valence-corrected chi connectivity index (χ1v) is 7.74. The number of hydrogen-bond acceptors (Lipinski definition) is 3. The zero-order valence-electron chi connectivity index (χ0n) is 10.9. The summed E-state index contributed by atoms with van der Waals surface area (Å²) in [6.45, 7) is 0.723. The highest BCUT2D eigenvalue weighted by Crippen LogP contribution is 2.44. The molecule has 0 radical (unpaired) electrons. The highest BCUT2D eigenvalue weighted by atomic mass is 31.2. The third-order valence-corrected chi connectivity index (χ3v) is 5.25. The standard InChI is InChI=1S/C15H17O3P/c1-17-12-13-18-19(16,14-8-4-2-5-9-14)15-10-6-3-7-11-15/h2-11H,12-13H2,1H3. The van der Waals surface area contributed by atoms with E-state index in [0.29, 0.717) is 23.8 Å². The number of methoxy groups -OCH3 is 1. The average Bonchev–Trinajstić information content (AvgIpc) is 2.49. The zero-order valence-corrected chi connectivity index (χ0v) is 11.8. The molecule has 19 heavy (non-hydrogen) atoms. The fraction of sp³-hybridized carbons (Fsp3) is 0.200. The van der Waals surface area contributed by atoms with Gasteiger partial charge in [0.1, 0.15) is 0 Å². The van der Waals surface area contributed by atoms with Crippen molar-refractivity contribution in [3.63, 3.8) is 0 Å². The summed E-state index contributed by atoms with van der Waals surface area (Å²) in [5.41, 5.74) is 0. The minimum Gasteiger partial charge on any atom is -0.382 e. The second-order valence-electron chi connectivity index (χ2n) is 4.05. The summed E-state index contributed by atoms with van der Waals surface area (Å²) in [7, 11) is -1.44. The highest BCUT2D eigenvalue weighted by Gasteiger charge is 2.27. The molecule has 0 saturated carbocycles. The van der Waals surface area contributed by atoms with Gasteiger partial charge in [0.2, 0.25) is 0 Å². The van der Waals surface area contributed by atoms with Gasteiger partial charge in [0, 0.05) is 17.7 Å². The normalized spacial score (nSPS) is 11.4. The minimum absolute atomic E-state index is 0.303. The van der Waals surface area contributed by atoms with Gasteiger partial charge in [-0.15, -0.1) is 0 Å². The Kier molecular flexibility index (Phi) is 4.92. The van der Waals surface area contributed by atoms with E-state index in [4.69, 9.17) is 9.26 Å². The van der Waals surface area contributed by atoms with E-state index in [9.17, 15) is 4.57 Å². The van der Waals surface area contributed by atoms with Crippen molar-refractivity contribution in [1.82, 2.24) is 0 Å². The van der Waals surface area contributed by atoms with Gasteiger partial charge in [0.15, 0.2) is 0 Å². The quantitative estimate of drug-likeness (QED) is 0.601. The zero-order chi connectivity index (χ0) is 13.6. The van der Waals surface area contributed by atoms with Gasteiger partial charge in [-0.2, -0.15) is 0 Å². The predicted molar refractivity (Wildman–Crippen MR) is 77.6 cm³/mol. The molecule has 4 heteroatoms. The van der Waals surface area contributed by atoms with E-state index >= 15 is 0 Å². The topological polar surface area (TPSA) is 35.5 Å². The third kappa shape index (κ3) is 3.32. The smallest absolute Gasteiger partial charge is 0.261 e. The van der Waals surface area contributed by atoms with Crippen molar-refractivity contribution in [2.24, 2.45) is 0 Å².